The first-order valence-electron chi connectivity index (χ1n) is 7.27. The van der Waals surface area contributed by atoms with Crippen molar-refractivity contribution in [1.29, 1.82) is 0 Å². The van der Waals surface area contributed by atoms with Crippen LogP contribution in [0.1, 0.15) is 24.8 Å². The maximum absolute atomic E-state index is 13.0. The Kier molecular flexibility index (Phi) is 7.45. The molecule has 10 heteroatoms. The lowest BCUT2D eigenvalue weighted by molar-refractivity contribution is -0.140. The second-order valence-corrected chi connectivity index (χ2v) is 7.27. The Morgan fingerprint density at radius 2 is 2.00 bits per heavy atom. The van der Waals surface area contributed by atoms with Crippen LogP contribution < -0.4 is 10.0 Å². The monoisotopic (exact) mass is 390 g/mol. The van der Waals surface area contributed by atoms with Crippen molar-refractivity contribution < 1.29 is 26.0 Å². The highest BCUT2D eigenvalue weighted by molar-refractivity contribution is 7.89. The normalized spacial score (nSPS) is 18.9. The first kappa shape index (κ1) is 21.1. The van der Waals surface area contributed by atoms with Crippen LogP contribution in [0, 0.1) is 11.7 Å². The molecule has 1 atom stereocenters. The van der Waals surface area contributed by atoms with Gasteiger partial charge in [0.15, 0.2) is 0 Å². The van der Waals surface area contributed by atoms with Crippen LogP contribution in [0.4, 0.5) is 17.6 Å². The summed E-state index contributed by atoms with van der Waals surface area (Å²) in [6.45, 7) is 1.74. The van der Waals surface area contributed by atoms with E-state index in [0.717, 1.165) is 25.9 Å². The summed E-state index contributed by atoms with van der Waals surface area (Å²) in [7, 11) is -4.35. The Bertz CT molecular complexity index is 647. The summed E-state index contributed by atoms with van der Waals surface area (Å²) in [6, 6.07) is 1.54. The molecule has 0 spiro atoms. The van der Waals surface area contributed by atoms with E-state index in [1.54, 1.807) is 0 Å². The topological polar surface area (TPSA) is 58.2 Å². The van der Waals surface area contributed by atoms with E-state index in [4.69, 9.17) is 0 Å². The summed E-state index contributed by atoms with van der Waals surface area (Å²) in [6.07, 6.45) is -2.46. The van der Waals surface area contributed by atoms with E-state index in [9.17, 15) is 26.0 Å². The minimum Gasteiger partial charge on any atom is -0.316 e. The fraction of sp³-hybridized carbons (Fsp3) is 0.571. The second-order valence-electron chi connectivity index (χ2n) is 5.54. The van der Waals surface area contributed by atoms with Gasteiger partial charge in [0, 0.05) is 6.54 Å². The van der Waals surface area contributed by atoms with Crippen molar-refractivity contribution in [2.45, 2.75) is 30.3 Å². The molecule has 0 bridgehead atoms. The van der Waals surface area contributed by atoms with Crippen LogP contribution in [0.2, 0.25) is 0 Å². The standard InChI is InChI=1S/C14H18F4N2O2S.ClH/c15-11-3-4-13(12(8-11)14(16,17)18)23(21,22)20-7-5-10-2-1-6-19-9-10;/h3-4,8,10,19-20H,1-2,5-7,9H2;1H. The van der Waals surface area contributed by atoms with E-state index in [-0.39, 0.29) is 25.0 Å². The predicted molar refractivity (Wildman–Crippen MR) is 84.0 cm³/mol. The molecule has 24 heavy (non-hydrogen) atoms. The van der Waals surface area contributed by atoms with Crippen LogP contribution in [-0.4, -0.2) is 28.1 Å². The quantitative estimate of drug-likeness (QED) is 0.760. The number of alkyl halides is 3. The van der Waals surface area contributed by atoms with Gasteiger partial charge in [-0.2, -0.15) is 13.2 Å². The highest BCUT2D eigenvalue weighted by atomic mass is 35.5. The van der Waals surface area contributed by atoms with Crippen LogP contribution >= 0.6 is 12.4 Å². The summed E-state index contributed by atoms with van der Waals surface area (Å²) in [5.74, 6) is -0.841. The van der Waals surface area contributed by atoms with Crippen LogP contribution in [0.3, 0.4) is 0 Å². The molecule has 0 aromatic heterocycles. The van der Waals surface area contributed by atoms with Crippen LogP contribution in [0.5, 0.6) is 0 Å². The van der Waals surface area contributed by atoms with Crippen molar-refractivity contribution in [3.63, 3.8) is 0 Å². The highest BCUT2D eigenvalue weighted by Crippen LogP contribution is 2.34. The number of sulfonamides is 1. The maximum atomic E-state index is 13.0. The lowest BCUT2D eigenvalue weighted by Crippen LogP contribution is -2.33. The highest BCUT2D eigenvalue weighted by Gasteiger charge is 2.37. The summed E-state index contributed by atoms with van der Waals surface area (Å²) in [5, 5.41) is 3.18. The van der Waals surface area contributed by atoms with Gasteiger partial charge < -0.3 is 5.32 Å². The molecule has 1 unspecified atom stereocenters. The van der Waals surface area contributed by atoms with Gasteiger partial charge in [0.05, 0.1) is 10.5 Å². The smallest absolute Gasteiger partial charge is 0.316 e. The number of benzene rings is 1. The summed E-state index contributed by atoms with van der Waals surface area (Å²) in [4.78, 5) is -0.951. The average Bonchev–Trinajstić information content (AvgIpc) is 2.47. The summed E-state index contributed by atoms with van der Waals surface area (Å²) >= 11 is 0. The molecule has 1 aliphatic rings. The van der Waals surface area contributed by atoms with Crippen LogP contribution in [-0.2, 0) is 16.2 Å². The van der Waals surface area contributed by atoms with Crippen molar-refractivity contribution in [3.8, 4) is 0 Å². The molecular weight excluding hydrogens is 372 g/mol. The summed E-state index contributed by atoms with van der Waals surface area (Å²) in [5.41, 5.74) is -1.50. The number of hydrogen-bond acceptors (Lipinski definition) is 3. The Hall–Kier alpha value is -0.900. The maximum Gasteiger partial charge on any atom is 0.417 e. The van der Waals surface area contributed by atoms with Gasteiger partial charge >= 0.3 is 6.18 Å². The molecule has 1 heterocycles. The Labute approximate surface area is 144 Å². The van der Waals surface area contributed by atoms with E-state index in [0.29, 0.717) is 24.5 Å². The number of halogens is 5. The molecule has 0 amide bonds. The number of hydrogen-bond donors (Lipinski definition) is 2. The molecular formula is C14H19ClF4N2O2S. The molecule has 1 fully saturated rings. The van der Waals surface area contributed by atoms with Gasteiger partial charge in [0.1, 0.15) is 5.82 Å². The van der Waals surface area contributed by atoms with Gasteiger partial charge in [0.25, 0.3) is 0 Å². The first-order chi connectivity index (χ1) is 10.7. The minimum absolute atomic E-state index is 0. The van der Waals surface area contributed by atoms with E-state index in [2.05, 4.69) is 10.0 Å². The Morgan fingerprint density at radius 1 is 1.29 bits per heavy atom. The molecule has 2 rings (SSSR count). The number of nitrogens with one attached hydrogen (secondary N) is 2. The fourth-order valence-corrected chi connectivity index (χ4v) is 3.86. The molecule has 0 aliphatic carbocycles. The van der Waals surface area contributed by atoms with E-state index in [1.165, 1.54) is 0 Å². The number of piperidine rings is 1. The third-order valence-electron chi connectivity index (χ3n) is 3.78. The zero-order valence-corrected chi connectivity index (χ0v) is 14.3. The molecule has 2 N–H and O–H groups in total. The van der Waals surface area contributed by atoms with Gasteiger partial charge in [-0.25, -0.2) is 17.5 Å². The molecule has 1 saturated heterocycles. The van der Waals surface area contributed by atoms with Gasteiger partial charge in [-0.1, -0.05) is 0 Å². The van der Waals surface area contributed by atoms with Crippen LogP contribution in [0.15, 0.2) is 23.1 Å². The van der Waals surface area contributed by atoms with E-state index < -0.39 is 32.5 Å². The molecule has 4 nitrogen and oxygen atoms in total. The fourth-order valence-electron chi connectivity index (χ4n) is 2.60. The van der Waals surface area contributed by atoms with Gasteiger partial charge in [-0.15, -0.1) is 12.4 Å². The molecule has 138 valence electrons. The van der Waals surface area contributed by atoms with Crippen molar-refractivity contribution in [1.82, 2.24) is 10.0 Å². The van der Waals surface area contributed by atoms with E-state index in [1.807, 2.05) is 0 Å². The van der Waals surface area contributed by atoms with Crippen molar-refractivity contribution in [2.75, 3.05) is 19.6 Å². The SMILES string of the molecule is Cl.O=S(=O)(NCCC1CCCNC1)c1ccc(F)cc1C(F)(F)F. The molecule has 1 aliphatic heterocycles. The van der Waals surface area contributed by atoms with Crippen molar-refractivity contribution in [3.05, 3.63) is 29.6 Å². The minimum atomic E-state index is -4.94. The Balaban J connectivity index is 0.00000288. The third-order valence-corrected chi connectivity index (χ3v) is 5.30. The average molecular weight is 391 g/mol. The molecule has 1 aromatic carbocycles. The second kappa shape index (κ2) is 8.46. The lowest BCUT2D eigenvalue weighted by Gasteiger charge is -2.22. The van der Waals surface area contributed by atoms with E-state index >= 15 is 0 Å². The molecule has 1 aromatic rings. The number of rotatable bonds is 5. The molecule has 0 saturated carbocycles. The van der Waals surface area contributed by atoms with Gasteiger partial charge in [-0.3, -0.25) is 0 Å². The largest absolute Gasteiger partial charge is 0.417 e. The zero-order chi connectivity index (χ0) is 17.1. The van der Waals surface area contributed by atoms with Gasteiger partial charge in [0.2, 0.25) is 10.0 Å². The predicted octanol–water partition coefficient (Wildman–Crippen LogP) is 2.93. The van der Waals surface area contributed by atoms with Crippen LogP contribution in [0.25, 0.3) is 0 Å². The first-order valence-corrected chi connectivity index (χ1v) is 8.75. The van der Waals surface area contributed by atoms with Gasteiger partial charge in [-0.05, 0) is 56.5 Å². The van der Waals surface area contributed by atoms with Crippen molar-refractivity contribution >= 4 is 22.4 Å². The Morgan fingerprint density at radius 3 is 2.58 bits per heavy atom. The third kappa shape index (κ3) is 5.58. The molecule has 0 radical (unpaired) electrons. The lowest BCUT2D eigenvalue weighted by atomic mass is 9.96. The summed E-state index contributed by atoms with van der Waals surface area (Å²) < 4.78 is 78.1. The van der Waals surface area contributed by atoms with Crippen molar-refractivity contribution in [2.24, 2.45) is 5.92 Å². The zero-order valence-electron chi connectivity index (χ0n) is 12.7.